The first-order valence-corrected chi connectivity index (χ1v) is 8.50. The van der Waals surface area contributed by atoms with Gasteiger partial charge in [-0.25, -0.2) is 0 Å². The molecular weight excluding hydrogens is 330 g/mol. The van der Waals surface area contributed by atoms with Gasteiger partial charge in [0.05, 0.1) is 32.4 Å². The number of nitrogens with zero attached hydrogens (tertiary/aromatic N) is 1. The predicted octanol–water partition coefficient (Wildman–Crippen LogP) is 1.16. The average Bonchev–Trinajstić information content (AvgIpc) is 2.66. The fourth-order valence-electron chi connectivity index (χ4n) is 3.28. The summed E-state index contributed by atoms with van der Waals surface area (Å²) in [5.41, 5.74) is 3.61. The number of benzene rings is 2. The van der Waals surface area contributed by atoms with E-state index in [0.29, 0.717) is 23.5 Å². The topological polar surface area (TPSA) is 75.8 Å². The first kappa shape index (κ1) is 17.8. The summed E-state index contributed by atoms with van der Waals surface area (Å²) in [6.45, 7) is 2.03. The molecule has 0 spiro atoms. The van der Waals surface area contributed by atoms with Crippen LogP contribution in [0.15, 0.2) is 36.4 Å². The predicted molar refractivity (Wildman–Crippen MR) is 97.4 cm³/mol. The van der Waals surface area contributed by atoms with Crippen molar-refractivity contribution in [2.75, 3.05) is 32.6 Å². The van der Waals surface area contributed by atoms with E-state index in [4.69, 9.17) is 14.7 Å². The van der Waals surface area contributed by atoms with E-state index in [1.165, 1.54) is 16.0 Å². The third-order valence-corrected chi connectivity index (χ3v) is 4.58. The standard InChI is InChI=1S/C20H21N3O3/c1-25-18-9-15-6-7-23(12-16(15)10-19(18)26-2)13-20(24)22-17-5-3-4-14(8-17)11-21/h3-5,8-10H,6-7,12-13H2,1-2H3,(H,22,24)/p+1. The molecule has 1 unspecified atom stereocenters. The Morgan fingerprint density at radius 3 is 2.62 bits per heavy atom. The van der Waals surface area contributed by atoms with Crippen LogP contribution in [0.2, 0.25) is 0 Å². The number of methoxy groups -OCH3 is 2. The highest BCUT2D eigenvalue weighted by molar-refractivity contribution is 5.91. The Bertz CT molecular complexity index is 858. The van der Waals surface area contributed by atoms with Gasteiger partial charge in [-0.2, -0.15) is 5.26 Å². The van der Waals surface area contributed by atoms with Crippen LogP contribution >= 0.6 is 0 Å². The minimum atomic E-state index is -0.0565. The smallest absolute Gasteiger partial charge is 0.279 e. The van der Waals surface area contributed by atoms with E-state index in [0.717, 1.165) is 25.3 Å². The lowest BCUT2D eigenvalue weighted by Gasteiger charge is -2.26. The molecule has 0 radical (unpaired) electrons. The van der Waals surface area contributed by atoms with Crippen molar-refractivity contribution in [3.05, 3.63) is 53.1 Å². The molecule has 0 aliphatic carbocycles. The highest BCUT2D eigenvalue weighted by Crippen LogP contribution is 2.31. The normalized spacial score (nSPS) is 15.5. The Morgan fingerprint density at radius 2 is 1.92 bits per heavy atom. The average molecular weight is 352 g/mol. The van der Waals surface area contributed by atoms with Crippen LogP contribution in [0.5, 0.6) is 11.5 Å². The van der Waals surface area contributed by atoms with Gasteiger partial charge in [-0.05, 0) is 35.9 Å². The number of ether oxygens (including phenoxy) is 2. The molecule has 1 amide bonds. The van der Waals surface area contributed by atoms with E-state index in [9.17, 15) is 4.79 Å². The summed E-state index contributed by atoms with van der Waals surface area (Å²) in [6, 6.07) is 13.0. The van der Waals surface area contributed by atoms with Gasteiger partial charge in [-0.15, -0.1) is 0 Å². The van der Waals surface area contributed by atoms with Crippen LogP contribution in [0.3, 0.4) is 0 Å². The number of nitrogens with one attached hydrogen (secondary N) is 2. The minimum absolute atomic E-state index is 0.0565. The van der Waals surface area contributed by atoms with Crippen molar-refractivity contribution in [1.82, 2.24) is 0 Å². The summed E-state index contributed by atoms with van der Waals surface area (Å²) in [5.74, 6) is 1.40. The first-order chi connectivity index (χ1) is 12.6. The van der Waals surface area contributed by atoms with Crippen LogP contribution < -0.4 is 19.7 Å². The lowest BCUT2D eigenvalue weighted by Crippen LogP contribution is -3.12. The summed E-state index contributed by atoms with van der Waals surface area (Å²) in [4.78, 5) is 13.5. The van der Waals surface area contributed by atoms with E-state index < -0.39 is 0 Å². The summed E-state index contributed by atoms with van der Waals surface area (Å²) in [7, 11) is 3.26. The molecular formula is C20H22N3O3+. The van der Waals surface area contributed by atoms with Gasteiger partial charge in [-0.1, -0.05) is 6.07 Å². The molecule has 2 aromatic rings. The van der Waals surface area contributed by atoms with Gasteiger partial charge in [0.2, 0.25) is 0 Å². The number of carbonyl (C=O) groups excluding carboxylic acids is 1. The van der Waals surface area contributed by atoms with Crippen molar-refractivity contribution < 1.29 is 19.2 Å². The SMILES string of the molecule is COc1cc2c(cc1OC)C[NH+](CC(=O)Nc1cccc(C#N)c1)CC2. The largest absolute Gasteiger partial charge is 0.493 e. The molecule has 1 aliphatic rings. The molecule has 1 heterocycles. The Morgan fingerprint density at radius 1 is 1.19 bits per heavy atom. The molecule has 0 fully saturated rings. The van der Waals surface area contributed by atoms with Gasteiger partial charge in [0, 0.05) is 17.7 Å². The zero-order valence-corrected chi connectivity index (χ0v) is 15.0. The molecule has 0 saturated heterocycles. The van der Waals surface area contributed by atoms with E-state index in [1.54, 1.807) is 38.5 Å². The second-order valence-corrected chi connectivity index (χ2v) is 6.32. The van der Waals surface area contributed by atoms with Crippen LogP contribution in [-0.2, 0) is 17.8 Å². The van der Waals surface area contributed by atoms with E-state index >= 15 is 0 Å². The van der Waals surface area contributed by atoms with Gasteiger partial charge in [-0.3, -0.25) is 4.79 Å². The number of nitriles is 1. The zero-order chi connectivity index (χ0) is 18.5. The molecule has 0 bridgehead atoms. The maximum absolute atomic E-state index is 12.4. The lowest BCUT2D eigenvalue weighted by molar-refractivity contribution is -0.907. The molecule has 1 aliphatic heterocycles. The van der Waals surface area contributed by atoms with Gasteiger partial charge in [0.1, 0.15) is 6.54 Å². The Balaban J connectivity index is 1.65. The van der Waals surface area contributed by atoms with Crippen LogP contribution in [0.1, 0.15) is 16.7 Å². The zero-order valence-electron chi connectivity index (χ0n) is 15.0. The van der Waals surface area contributed by atoms with E-state index in [1.807, 2.05) is 12.1 Å². The number of hydrogen-bond acceptors (Lipinski definition) is 4. The molecule has 134 valence electrons. The molecule has 2 N–H and O–H groups in total. The summed E-state index contributed by atoms with van der Waals surface area (Å²) in [6.07, 6.45) is 0.891. The molecule has 2 aromatic carbocycles. The quantitative estimate of drug-likeness (QED) is 0.847. The van der Waals surface area contributed by atoms with Gasteiger partial charge < -0.3 is 19.7 Å². The molecule has 1 atom stereocenters. The summed E-state index contributed by atoms with van der Waals surface area (Å²) in [5, 5.41) is 11.8. The highest BCUT2D eigenvalue weighted by atomic mass is 16.5. The van der Waals surface area contributed by atoms with Crippen molar-refractivity contribution >= 4 is 11.6 Å². The van der Waals surface area contributed by atoms with Crippen molar-refractivity contribution in [3.8, 4) is 17.6 Å². The van der Waals surface area contributed by atoms with E-state index in [2.05, 4.69) is 11.4 Å². The van der Waals surface area contributed by atoms with Crippen molar-refractivity contribution in [2.24, 2.45) is 0 Å². The Labute approximate surface area is 152 Å². The maximum atomic E-state index is 12.4. The number of quaternary nitrogens is 1. The van der Waals surface area contributed by atoms with Crippen LogP contribution in [0.4, 0.5) is 5.69 Å². The lowest BCUT2D eigenvalue weighted by atomic mass is 9.99. The second kappa shape index (κ2) is 7.89. The Kier molecular flexibility index (Phi) is 5.40. The third-order valence-electron chi connectivity index (χ3n) is 4.58. The monoisotopic (exact) mass is 352 g/mol. The number of anilines is 1. The number of fused-ring (bicyclic) bond motifs is 1. The molecule has 26 heavy (non-hydrogen) atoms. The molecule has 0 aromatic heterocycles. The summed E-state index contributed by atoms with van der Waals surface area (Å²) < 4.78 is 10.7. The molecule has 3 rings (SSSR count). The maximum Gasteiger partial charge on any atom is 0.279 e. The van der Waals surface area contributed by atoms with E-state index in [-0.39, 0.29) is 5.91 Å². The fraction of sp³-hybridized carbons (Fsp3) is 0.300. The fourth-order valence-corrected chi connectivity index (χ4v) is 3.28. The third kappa shape index (κ3) is 3.95. The minimum Gasteiger partial charge on any atom is -0.493 e. The van der Waals surface area contributed by atoms with Crippen molar-refractivity contribution in [1.29, 1.82) is 5.26 Å². The summed E-state index contributed by atoms with van der Waals surface area (Å²) >= 11 is 0. The number of hydrogen-bond donors (Lipinski definition) is 2. The second-order valence-electron chi connectivity index (χ2n) is 6.32. The molecule has 6 nitrogen and oxygen atoms in total. The van der Waals surface area contributed by atoms with Gasteiger partial charge >= 0.3 is 0 Å². The first-order valence-electron chi connectivity index (χ1n) is 8.50. The van der Waals surface area contributed by atoms with Crippen molar-refractivity contribution in [3.63, 3.8) is 0 Å². The van der Waals surface area contributed by atoms with Crippen LogP contribution in [0.25, 0.3) is 0 Å². The number of carbonyl (C=O) groups is 1. The van der Waals surface area contributed by atoms with Gasteiger partial charge in [0.15, 0.2) is 18.0 Å². The van der Waals surface area contributed by atoms with Crippen LogP contribution in [-0.4, -0.2) is 33.2 Å². The highest BCUT2D eigenvalue weighted by Gasteiger charge is 2.24. The van der Waals surface area contributed by atoms with Crippen LogP contribution in [0, 0.1) is 11.3 Å². The van der Waals surface area contributed by atoms with Crippen molar-refractivity contribution in [2.45, 2.75) is 13.0 Å². The molecule has 0 saturated carbocycles. The number of rotatable bonds is 5. The Hall–Kier alpha value is -3.04. The number of amides is 1. The molecule has 6 heteroatoms. The van der Waals surface area contributed by atoms with Gasteiger partial charge in [0.25, 0.3) is 5.91 Å².